The number of hydrogen-bond acceptors (Lipinski definition) is 2. The third kappa shape index (κ3) is 2.61. The Morgan fingerprint density at radius 2 is 2.12 bits per heavy atom. The molecule has 0 unspecified atom stereocenters. The molecule has 1 atom stereocenters. The van der Waals surface area contributed by atoms with Gasteiger partial charge in [-0.3, -0.25) is 0 Å². The minimum absolute atomic E-state index is 0. The first-order chi connectivity index (χ1) is 7.16. The average Bonchev–Trinajstić information content (AvgIpc) is 2.22. The molecule has 6 heteroatoms. The van der Waals surface area contributed by atoms with Crippen molar-refractivity contribution in [2.45, 2.75) is 12.5 Å². The fourth-order valence-electron chi connectivity index (χ4n) is 1.54. The molecule has 0 aliphatic carbocycles. The van der Waals surface area contributed by atoms with Crippen molar-refractivity contribution in [3.8, 4) is 0 Å². The van der Waals surface area contributed by atoms with Crippen molar-refractivity contribution >= 4 is 18.5 Å². The Morgan fingerprint density at radius 1 is 1.38 bits per heavy atom. The Kier molecular flexibility index (Phi) is 4.06. The standard InChI is InChI=1S/C10H9F2NO2.ClH/c11-6-1-2-8(12)7(5-6)9-3-4-15-10(14)13-9;/h1-2,5,9H,3-4H2,(H,13,14);1H/t9-;/m0./s1. The van der Waals surface area contributed by atoms with E-state index in [2.05, 4.69) is 10.1 Å². The molecule has 1 heterocycles. The van der Waals surface area contributed by atoms with E-state index in [1.54, 1.807) is 0 Å². The Hall–Kier alpha value is -1.36. The molecule has 1 saturated heterocycles. The van der Waals surface area contributed by atoms with Crippen molar-refractivity contribution in [3.05, 3.63) is 35.4 Å². The normalized spacial score (nSPS) is 19.4. The van der Waals surface area contributed by atoms with Crippen molar-refractivity contribution < 1.29 is 18.3 Å². The second kappa shape index (κ2) is 5.12. The van der Waals surface area contributed by atoms with Gasteiger partial charge in [0.05, 0.1) is 12.6 Å². The fraction of sp³-hybridized carbons (Fsp3) is 0.300. The van der Waals surface area contributed by atoms with E-state index in [1.165, 1.54) is 0 Å². The van der Waals surface area contributed by atoms with Crippen molar-refractivity contribution in [2.24, 2.45) is 0 Å². The number of carbonyl (C=O) groups excluding carboxylic acids is 1. The van der Waals surface area contributed by atoms with E-state index in [9.17, 15) is 13.6 Å². The first-order valence-corrected chi connectivity index (χ1v) is 4.55. The van der Waals surface area contributed by atoms with Crippen molar-refractivity contribution in [3.63, 3.8) is 0 Å². The lowest BCUT2D eigenvalue weighted by Crippen LogP contribution is -2.35. The van der Waals surface area contributed by atoms with Gasteiger partial charge in [0.2, 0.25) is 0 Å². The molecule has 0 bridgehead atoms. The highest BCUT2D eigenvalue weighted by Gasteiger charge is 2.23. The van der Waals surface area contributed by atoms with Crippen LogP contribution >= 0.6 is 12.4 Å². The van der Waals surface area contributed by atoms with Crippen LogP contribution in [0.4, 0.5) is 13.6 Å². The highest BCUT2D eigenvalue weighted by Crippen LogP contribution is 2.23. The third-order valence-corrected chi connectivity index (χ3v) is 2.27. The number of alkyl carbamates (subject to hydrolysis) is 1. The molecule has 0 radical (unpaired) electrons. The van der Waals surface area contributed by atoms with E-state index in [4.69, 9.17) is 0 Å². The zero-order valence-corrected chi connectivity index (χ0v) is 9.02. The number of carbonyl (C=O) groups is 1. The smallest absolute Gasteiger partial charge is 0.407 e. The molecule has 1 aliphatic rings. The Morgan fingerprint density at radius 3 is 2.81 bits per heavy atom. The summed E-state index contributed by atoms with van der Waals surface area (Å²) in [5, 5.41) is 2.43. The van der Waals surface area contributed by atoms with Gasteiger partial charge in [0.15, 0.2) is 0 Å². The highest BCUT2D eigenvalue weighted by molar-refractivity contribution is 5.85. The molecular weight excluding hydrogens is 240 g/mol. The number of hydrogen-bond donors (Lipinski definition) is 1. The largest absolute Gasteiger partial charge is 0.449 e. The van der Waals surface area contributed by atoms with E-state index in [1.807, 2.05) is 0 Å². The molecule has 1 N–H and O–H groups in total. The van der Waals surface area contributed by atoms with Crippen LogP contribution in [0.15, 0.2) is 18.2 Å². The summed E-state index contributed by atoms with van der Waals surface area (Å²) in [6.45, 7) is 0.215. The van der Waals surface area contributed by atoms with Crippen LogP contribution in [0.3, 0.4) is 0 Å². The number of rotatable bonds is 1. The Balaban J connectivity index is 0.00000128. The number of cyclic esters (lactones) is 1. The van der Waals surface area contributed by atoms with E-state index in [-0.39, 0.29) is 24.6 Å². The first-order valence-electron chi connectivity index (χ1n) is 4.55. The van der Waals surface area contributed by atoms with Crippen LogP contribution in [-0.2, 0) is 4.74 Å². The lowest BCUT2D eigenvalue weighted by atomic mass is 10.0. The van der Waals surface area contributed by atoms with Gasteiger partial charge in [0, 0.05) is 12.0 Å². The molecule has 0 aromatic heterocycles. The van der Waals surface area contributed by atoms with Crippen LogP contribution in [0.25, 0.3) is 0 Å². The summed E-state index contributed by atoms with van der Waals surface area (Å²) in [6, 6.07) is 2.67. The van der Waals surface area contributed by atoms with Gasteiger partial charge in [-0.05, 0) is 18.2 Å². The molecule has 16 heavy (non-hydrogen) atoms. The van der Waals surface area contributed by atoms with Gasteiger partial charge in [-0.25, -0.2) is 13.6 Å². The predicted molar refractivity (Wildman–Crippen MR) is 55.4 cm³/mol. The zero-order chi connectivity index (χ0) is 10.8. The van der Waals surface area contributed by atoms with E-state index >= 15 is 0 Å². The summed E-state index contributed by atoms with van der Waals surface area (Å²) in [7, 11) is 0. The topological polar surface area (TPSA) is 38.3 Å². The number of nitrogens with one attached hydrogen (secondary N) is 1. The van der Waals surface area contributed by atoms with Crippen LogP contribution in [-0.4, -0.2) is 12.7 Å². The van der Waals surface area contributed by atoms with Crippen LogP contribution in [0.2, 0.25) is 0 Å². The van der Waals surface area contributed by atoms with Gasteiger partial charge in [-0.1, -0.05) is 0 Å². The highest BCUT2D eigenvalue weighted by atomic mass is 35.5. The maximum Gasteiger partial charge on any atom is 0.407 e. The molecule has 3 nitrogen and oxygen atoms in total. The Labute approximate surface area is 97.2 Å². The zero-order valence-electron chi connectivity index (χ0n) is 8.20. The van der Waals surface area contributed by atoms with E-state index in [0.717, 1.165) is 18.2 Å². The number of halogens is 3. The van der Waals surface area contributed by atoms with Gasteiger partial charge >= 0.3 is 6.09 Å². The quantitative estimate of drug-likeness (QED) is 0.831. The van der Waals surface area contributed by atoms with Crippen LogP contribution in [0, 0.1) is 11.6 Å². The summed E-state index contributed by atoms with van der Waals surface area (Å²) in [5.41, 5.74) is 0.159. The summed E-state index contributed by atoms with van der Waals surface area (Å²) >= 11 is 0. The lowest BCUT2D eigenvalue weighted by molar-refractivity contribution is 0.115. The fourth-order valence-corrected chi connectivity index (χ4v) is 1.54. The molecule has 1 aromatic rings. The Bertz CT molecular complexity index is 400. The molecular formula is C10H10ClF2NO2. The minimum Gasteiger partial charge on any atom is -0.449 e. The van der Waals surface area contributed by atoms with E-state index < -0.39 is 23.8 Å². The second-order valence-electron chi connectivity index (χ2n) is 3.29. The van der Waals surface area contributed by atoms with Crippen LogP contribution in [0.5, 0.6) is 0 Å². The summed E-state index contributed by atoms with van der Waals surface area (Å²) in [6.07, 6.45) is -0.165. The van der Waals surface area contributed by atoms with E-state index in [0.29, 0.717) is 6.42 Å². The first kappa shape index (κ1) is 12.7. The number of amides is 1. The molecule has 2 rings (SSSR count). The minimum atomic E-state index is -0.602. The molecule has 1 aromatic carbocycles. The average molecular weight is 250 g/mol. The molecule has 1 amide bonds. The van der Waals surface area contributed by atoms with Gasteiger partial charge in [0.1, 0.15) is 11.6 Å². The monoisotopic (exact) mass is 249 g/mol. The predicted octanol–water partition coefficient (Wildman–Crippen LogP) is 2.56. The maximum atomic E-state index is 13.3. The van der Waals surface area contributed by atoms with Crippen molar-refractivity contribution in [1.82, 2.24) is 5.32 Å². The second-order valence-corrected chi connectivity index (χ2v) is 3.29. The van der Waals surface area contributed by atoms with Gasteiger partial charge in [0.25, 0.3) is 0 Å². The number of ether oxygens (including phenoxy) is 1. The molecule has 0 saturated carbocycles. The van der Waals surface area contributed by atoms with Gasteiger partial charge in [-0.2, -0.15) is 0 Å². The molecule has 0 spiro atoms. The SMILES string of the molecule is Cl.O=C1N[C@H](c2cc(F)ccc2F)CCO1. The van der Waals surface area contributed by atoms with Gasteiger partial charge in [-0.15, -0.1) is 12.4 Å². The summed E-state index contributed by atoms with van der Waals surface area (Å²) < 4.78 is 30.8. The summed E-state index contributed by atoms with van der Waals surface area (Å²) in [5.74, 6) is -1.05. The third-order valence-electron chi connectivity index (χ3n) is 2.27. The van der Waals surface area contributed by atoms with Crippen LogP contribution in [0.1, 0.15) is 18.0 Å². The van der Waals surface area contributed by atoms with Crippen molar-refractivity contribution in [2.75, 3.05) is 6.61 Å². The summed E-state index contributed by atoms with van der Waals surface area (Å²) in [4.78, 5) is 10.9. The van der Waals surface area contributed by atoms with Gasteiger partial charge < -0.3 is 10.1 Å². The molecule has 1 fully saturated rings. The van der Waals surface area contributed by atoms with Crippen LogP contribution < -0.4 is 5.32 Å². The molecule has 88 valence electrons. The lowest BCUT2D eigenvalue weighted by Gasteiger charge is -2.23. The maximum absolute atomic E-state index is 13.3. The molecule has 1 aliphatic heterocycles. The number of benzene rings is 1. The van der Waals surface area contributed by atoms with Crippen molar-refractivity contribution in [1.29, 1.82) is 0 Å².